The van der Waals surface area contributed by atoms with Crippen molar-refractivity contribution in [2.75, 3.05) is 33.9 Å². The Hall–Kier alpha value is -1.62. The van der Waals surface area contributed by atoms with Gasteiger partial charge in [-0.25, -0.2) is 4.98 Å². The highest BCUT2D eigenvalue weighted by atomic mass is 16.5. The smallest absolute Gasteiger partial charge is 0.223 e. The average Bonchev–Trinajstić information content (AvgIpc) is 2.77. The van der Waals surface area contributed by atoms with Gasteiger partial charge < -0.3 is 14.4 Å². The number of aromatic nitrogens is 1. The molecule has 1 saturated heterocycles. The fourth-order valence-corrected chi connectivity index (χ4v) is 2.39. The Labute approximate surface area is 113 Å². The summed E-state index contributed by atoms with van der Waals surface area (Å²) in [7, 11) is 3.26. The maximum absolute atomic E-state index is 11.8. The topological polar surface area (TPSA) is 51.7 Å². The molecule has 0 bridgehead atoms. The number of carbonyl (C=O) groups is 1. The van der Waals surface area contributed by atoms with Gasteiger partial charge in [0.2, 0.25) is 11.8 Å². The molecule has 1 aliphatic rings. The van der Waals surface area contributed by atoms with Crippen molar-refractivity contribution in [2.45, 2.75) is 12.8 Å². The van der Waals surface area contributed by atoms with E-state index in [4.69, 9.17) is 9.47 Å². The lowest BCUT2D eigenvalue weighted by Crippen LogP contribution is -2.28. The first-order valence-corrected chi connectivity index (χ1v) is 6.48. The molecule has 1 aromatic rings. The number of hydrogen-bond donors (Lipinski definition) is 0. The lowest BCUT2D eigenvalue weighted by atomic mass is 10.00. The predicted octanol–water partition coefficient (Wildman–Crippen LogP) is 1.13. The molecule has 0 aromatic carbocycles. The first kappa shape index (κ1) is 13.8. The second-order valence-corrected chi connectivity index (χ2v) is 4.82. The second-order valence-electron chi connectivity index (χ2n) is 4.82. The van der Waals surface area contributed by atoms with Crippen LogP contribution in [0, 0.1) is 5.92 Å². The van der Waals surface area contributed by atoms with Gasteiger partial charge in [0.1, 0.15) is 0 Å². The van der Waals surface area contributed by atoms with Gasteiger partial charge >= 0.3 is 0 Å². The van der Waals surface area contributed by atoms with Crippen LogP contribution in [0.25, 0.3) is 0 Å². The quantitative estimate of drug-likeness (QED) is 0.773. The molecule has 0 N–H and O–H groups in total. The van der Waals surface area contributed by atoms with Crippen LogP contribution >= 0.6 is 0 Å². The number of amides is 1. The Morgan fingerprint density at radius 1 is 1.42 bits per heavy atom. The molecule has 1 atom stereocenters. The summed E-state index contributed by atoms with van der Waals surface area (Å²) >= 11 is 0. The van der Waals surface area contributed by atoms with E-state index in [1.54, 1.807) is 14.2 Å². The van der Waals surface area contributed by atoms with E-state index in [9.17, 15) is 4.79 Å². The van der Waals surface area contributed by atoms with Gasteiger partial charge in [-0.05, 0) is 17.9 Å². The number of hydrogen-bond acceptors (Lipinski definition) is 4. The number of likely N-dealkylation sites (tertiary alicyclic amines) is 1. The van der Waals surface area contributed by atoms with Gasteiger partial charge in [0.05, 0.1) is 13.7 Å². The Kier molecular flexibility index (Phi) is 4.74. The number of carbonyl (C=O) groups excluding carboxylic acids is 1. The summed E-state index contributed by atoms with van der Waals surface area (Å²) in [6.07, 6.45) is 3.32. The highest BCUT2D eigenvalue weighted by Crippen LogP contribution is 2.22. The average molecular weight is 264 g/mol. The fraction of sp³-hybridized carbons (Fsp3) is 0.571. The molecule has 104 valence electrons. The molecule has 1 amide bonds. The molecule has 1 unspecified atom stereocenters. The Morgan fingerprint density at radius 3 is 2.89 bits per heavy atom. The summed E-state index contributed by atoms with van der Waals surface area (Å²) in [5.74, 6) is 1.22. The Morgan fingerprint density at radius 2 is 2.26 bits per heavy atom. The minimum absolute atomic E-state index is 0.225. The summed E-state index contributed by atoms with van der Waals surface area (Å²) in [4.78, 5) is 17.9. The van der Waals surface area contributed by atoms with E-state index in [1.807, 2.05) is 23.2 Å². The molecule has 1 aromatic heterocycles. The molecule has 0 saturated carbocycles. The minimum Gasteiger partial charge on any atom is -0.481 e. The molecular weight excluding hydrogens is 244 g/mol. The van der Waals surface area contributed by atoms with Crippen LogP contribution in [0.5, 0.6) is 5.88 Å². The molecule has 5 heteroatoms. The molecule has 5 nitrogen and oxygen atoms in total. The van der Waals surface area contributed by atoms with Crippen LogP contribution in [0.3, 0.4) is 0 Å². The van der Waals surface area contributed by atoms with Crippen LogP contribution in [-0.2, 0) is 16.0 Å². The zero-order valence-corrected chi connectivity index (χ0v) is 11.5. The third kappa shape index (κ3) is 3.67. The molecule has 1 aliphatic heterocycles. The summed E-state index contributed by atoms with van der Waals surface area (Å²) in [5.41, 5.74) is 1.15. The van der Waals surface area contributed by atoms with Gasteiger partial charge in [0.25, 0.3) is 0 Å². The molecule has 0 spiro atoms. The fourth-order valence-electron chi connectivity index (χ4n) is 2.39. The summed E-state index contributed by atoms with van der Waals surface area (Å²) in [6, 6.07) is 3.86. The van der Waals surface area contributed by atoms with Gasteiger partial charge in [-0.3, -0.25) is 4.79 Å². The standard InChI is InChI=1S/C14H20N2O3/c1-18-6-5-16-10-12(8-14(16)17)7-11-3-4-13(19-2)15-9-11/h3-4,9,12H,5-8,10H2,1-2H3. The van der Waals surface area contributed by atoms with Gasteiger partial charge in [0, 0.05) is 38.9 Å². The molecule has 19 heavy (non-hydrogen) atoms. The van der Waals surface area contributed by atoms with Crippen LogP contribution in [0.4, 0.5) is 0 Å². The number of ether oxygens (including phenoxy) is 2. The van der Waals surface area contributed by atoms with Crippen molar-refractivity contribution in [3.8, 4) is 5.88 Å². The van der Waals surface area contributed by atoms with Crippen LogP contribution in [0.2, 0.25) is 0 Å². The highest BCUT2D eigenvalue weighted by molar-refractivity contribution is 5.78. The van der Waals surface area contributed by atoms with E-state index in [-0.39, 0.29) is 5.91 Å². The normalized spacial score (nSPS) is 18.9. The van der Waals surface area contributed by atoms with Crippen molar-refractivity contribution in [3.05, 3.63) is 23.9 Å². The van der Waals surface area contributed by atoms with E-state index < -0.39 is 0 Å². The zero-order chi connectivity index (χ0) is 13.7. The minimum atomic E-state index is 0.225. The summed E-state index contributed by atoms with van der Waals surface area (Å²) in [6.45, 7) is 2.10. The maximum Gasteiger partial charge on any atom is 0.223 e. The zero-order valence-electron chi connectivity index (χ0n) is 11.5. The first-order valence-electron chi connectivity index (χ1n) is 6.48. The van der Waals surface area contributed by atoms with Gasteiger partial charge in [0.15, 0.2) is 0 Å². The number of pyridine rings is 1. The van der Waals surface area contributed by atoms with Crippen LogP contribution in [-0.4, -0.2) is 49.7 Å². The molecule has 2 rings (SSSR count). The van der Waals surface area contributed by atoms with E-state index in [2.05, 4.69) is 4.98 Å². The molecule has 1 fully saturated rings. The van der Waals surface area contributed by atoms with Crippen LogP contribution in [0.15, 0.2) is 18.3 Å². The SMILES string of the molecule is COCCN1CC(Cc2ccc(OC)nc2)CC1=O. The van der Waals surface area contributed by atoms with Gasteiger partial charge in [-0.1, -0.05) is 6.07 Å². The van der Waals surface area contributed by atoms with Crippen LogP contribution < -0.4 is 4.74 Å². The highest BCUT2D eigenvalue weighted by Gasteiger charge is 2.29. The number of nitrogens with zero attached hydrogens (tertiary/aromatic N) is 2. The lowest BCUT2D eigenvalue weighted by molar-refractivity contribution is -0.128. The lowest BCUT2D eigenvalue weighted by Gasteiger charge is -2.15. The largest absolute Gasteiger partial charge is 0.481 e. The van der Waals surface area contributed by atoms with Gasteiger partial charge in [-0.15, -0.1) is 0 Å². The van der Waals surface area contributed by atoms with Crippen molar-refractivity contribution in [2.24, 2.45) is 5.92 Å². The third-order valence-electron chi connectivity index (χ3n) is 3.39. The third-order valence-corrected chi connectivity index (χ3v) is 3.39. The molecule has 0 aliphatic carbocycles. The van der Waals surface area contributed by atoms with Crippen molar-refractivity contribution in [1.29, 1.82) is 0 Å². The maximum atomic E-state index is 11.8. The first-order chi connectivity index (χ1) is 9.22. The van der Waals surface area contributed by atoms with E-state index in [0.717, 1.165) is 18.5 Å². The van der Waals surface area contributed by atoms with Crippen molar-refractivity contribution < 1.29 is 14.3 Å². The summed E-state index contributed by atoms with van der Waals surface area (Å²) in [5, 5.41) is 0. The van der Waals surface area contributed by atoms with Crippen molar-refractivity contribution in [1.82, 2.24) is 9.88 Å². The molecule has 2 heterocycles. The second kappa shape index (κ2) is 6.52. The van der Waals surface area contributed by atoms with Crippen molar-refractivity contribution >= 4 is 5.91 Å². The number of rotatable bonds is 6. The molecule has 0 radical (unpaired) electrons. The number of methoxy groups -OCH3 is 2. The predicted molar refractivity (Wildman–Crippen MR) is 71.1 cm³/mol. The monoisotopic (exact) mass is 264 g/mol. The van der Waals surface area contributed by atoms with E-state index in [1.165, 1.54) is 0 Å². The van der Waals surface area contributed by atoms with E-state index in [0.29, 0.717) is 31.4 Å². The van der Waals surface area contributed by atoms with E-state index >= 15 is 0 Å². The Balaban J connectivity index is 1.88. The Bertz CT molecular complexity index is 419. The molecular formula is C14H20N2O3. The van der Waals surface area contributed by atoms with Crippen LogP contribution in [0.1, 0.15) is 12.0 Å². The summed E-state index contributed by atoms with van der Waals surface area (Å²) < 4.78 is 10.0. The van der Waals surface area contributed by atoms with Gasteiger partial charge in [-0.2, -0.15) is 0 Å². The van der Waals surface area contributed by atoms with Crippen molar-refractivity contribution in [3.63, 3.8) is 0 Å².